The third kappa shape index (κ3) is 4.22. The van der Waals surface area contributed by atoms with Crippen LogP contribution in [0.5, 0.6) is 0 Å². The predicted octanol–water partition coefficient (Wildman–Crippen LogP) is 2.37. The number of amides is 1. The van der Waals surface area contributed by atoms with Gasteiger partial charge in [0, 0.05) is 31.4 Å². The molecule has 0 aliphatic heterocycles. The molecule has 0 bridgehead atoms. The normalized spacial score (nSPS) is 11.6. The summed E-state index contributed by atoms with van der Waals surface area (Å²) in [6.07, 6.45) is 3.27. The van der Waals surface area contributed by atoms with Crippen molar-refractivity contribution in [3.63, 3.8) is 0 Å². The molecular formula is C19H23N7O. The molecule has 2 heterocycles. The number of aliphatic imine (C=N–C) groups is 1. The minimum atomic E-state index is -0.186. The second-order valence-corrected chi connectivity index (χ2v) is 5.99. The number of fused-ring (bicyclic) bond motifs is 1. The van der Waals surface area contributed by atoms with Gasteiger partial charge in [-0.25, -0.2) is 4.98 Å². The van der Waals surface area contributed by atoms with Gasteiger partial charge in [-0.2, -0.15) is 5.10 Å². The Kier molecular flexibility index (Phi) is 5.65. The van der Waals surface area contributed by atoms with Crippen LogP contribution in [0.15, 0.2) is 47.7 Å². The number of carbonyl (C=O) groups excluding carboxylic acids is 1. The number of H-pyrrole nitrogens is 1. The summed E-state index contributed by atoms with van der Waals surface area (Å²) < 4.78 is 0. The largest absolute Gasteiger partial charge is 0.370 e. The Morgan fingerprint density at radius 3 is 2.74 bits per heavy atom. The Morgan fingerprint density at radius 2 is 2.04 bits per heavy atom. The molecular weight excluding hydrogens is 342 g/mol. The molecule has 0 saturated heterocycles. The zero-order valence-electron chi connectivity index (χ0n) is 15.4. The molecule has 27 heavy (non-hydrogen) atoms. The SMILES string of the molecule is CCN=C(N)N(CC)Cc1ccc(C(=O)Nc2ccnc3[nH]ncc23)cc1. The van der Waals surface area contributed by atoms with Crippen molar-refractivity contribution in [2.24, 2.45) is 10.7 Å². The van der Waals surface area contributed by atoms with Gasteiger partial charge in [0.1, 0.15) is 0 Å². The number of nitrogens with one attached hydrogen (secondary N) is 2. The Morgan fingerprint density at radius 1 is 1.26 bits per heavy atom. The van der Waals surface area contributed by atoms with Crippen molar-refractivity contribution < 1.29 is 4.79 Å². The van der Waals surface area contributed by atoms with Crippen LogP contribution in [0.25, 0.3) is 11.0 Å². The van der Waals surface area contributed by atoms with E-state index in [1.54, 1.807) is 30.6 Å². The molecule has 8 nitrogen and oxygen atoms in total. The van der Waals surface area contributed by atoms with Gasteiger partial charge in [0.2, 0.25) is 0 Å². The Hall–Kier alpha value is -3.42. The van der Waals surface area contributed by atoms with Crippen LogP contribution in [-0.4, -0.2) is 45.0 Å². The zero-order valence-corrected chi connectivity index (χ0v) is 15.4. The van der Waals surface area contributed by atoms with Gasteiger partial charge in [-0.1, -0.05) is 12.1 Å². The smallest absolute Gasteiger partial charge is 0.255 e. The van der Waals surface area contributed by atoms with Crippen LogP contribution >= 0.6 is 0 Å². The molecule has 0 spiro atoms. The third-order valence-corrected chi connectivity index (χ3v) is 4.22. The lowest BCUT2D eigenvalue weighted by atomic mass is 10.1. The minimum Gasteiger partial charge on any atom is -0.370 e. The van der Waals surface area contributed by atoms with Crippen LogP contribution in [0.4, 0.5) is 5.69 Å². The van der Waals surface area contributed by atoms with Crippen molar-refractivity contribution >= 4 is 28.6 Å². The molecule has 140 valence electrons. The summed E-state index contributed by atoms with van der Waals surface area (Å²) in [4.78, 5) is 23.0. The highest BCUT2D eigenvalue weighted by atomic mass is 16.1. The maximum absolute atomic E-state index is 12.6. The number of benzene rings is 1. The molecule has 1 amide bonds. The Labute approximate surface area is 157 Å². The number of hydrogen-bond acceptors (Lipinski definition) is 4. The van der Waals surface area contributed by atoms with Gasteiger partial charge < -0.3 is 16.0 Å². The van der Waals surface area contributed by atoms with Crippen LogP contribution in [0, 0.1) is 0 Å². The van der Waals surface area contributed by atoms with Gasteiger partial charge in [-0.05, 0) is 37.6 Å². The number of rotatable bonds is 6. The maximum Gasteiger partial charge on any atom is 0.255 e. The van der Waals surface area contributed by atoms with E-state index in [2.05, 4.69) is 25.5 Å². The number of aromatic nitrogens is 3. The fourth-order valence-electron chi connectivity index (χ4n) is 2.75. The number of hydrogen-bond donors (Lipinski definition) is 3. The van der Waals surface area contributed by atoms with Crippen molar-refractivity contribution in [2.45, 2.75) is 20.4 Å². The molecule has 1 aromatic carbocycles. The second kappa shape index (κ2) is 8.31. The van der Waals surface area contributed by atoms with Gasteiger partial charge in [0.15, 0.2) is 11.6 Å². The summed E-state index contributed by atoms with van der Waals surface area (Å²) in [5, 5.41) is 10.4. The molecule has 2 aromatic heterocycles. The molecule has 3 aromatic rings. The van der Waals surface area contributed by atoms with Crippen LogP contribution in [-0.2, 0) is 6.54 Å². The Balaban J connectivity index is 1.70. The number of anilines is 1. The van der Waals surface area contributed by atoms with E-state index in [0.29, 0.717) is 35.9 Å². The van der Waals surface area contributed by atoms with E-state index in [9.17, 15) is 4.79 Å². The quantitative estimate of drug-likeness (QED) is 0.458. The number of nitrogens with zero attached hydrogens (tertiary/aromatic N) is 4. The van der Waals surface area contributed by atoms with Crippen molar-refractivity contribution in [3.05, 3.63) is 53.9 Å². The molecule has 0 aliphatic carbocycles. The zero-order chi connectivity index (χ0) is 19.2. The second-order valence-electron chi connectivity index (χ2n) is 5.99. The fraction of sp³-hybridized carbons (Fsp3) is 0.263. The van der Waals surface area contributed by atoms with Crippen LogP contribution < -0.4 is 11.1 Å². The lowest BCUT2D eigenvalue weighted by molar-refractivity contribution is 0.102. The standard InChI is InChI=1S/C19H23N7O/c1-3-21-19(20)26(4-2)12-13-5-7-14(8-6-13)18(27)24-16-9-10-22-17-15(16)11-23-25-17/h5-11H,3-4,12H2,1-2H3,(H2,20,21)(H2,22,23,24,25,27). The molecule has 0 saturated carbocycles. The summed E-state index contributed by atoms with van der Waals surface area (Å²) >= 11 is 0. The number of carbonyl (C=O) groups is 1. The number of nitrogens with two attached hydrogens (primary N) is 1. The predicted molar refractivity (Wildman–Crippen MR) is 107 cm³/mol. The van der Waals surface area contributed by atoms with Gasteiger partial charge in [-0.15, -0.1) is 0 Å². The molecule has 3 rings (SSSR count). The van der Waals surface area contributed by atoms with Crippen molar-refractivity contribution in [1.82, 2.24) is 20.1 Å². The van der Waals surface area contributed by atoms with Gasteiger partial charge in [0.25, 0.3) is 5.91 Å². The van der Waals surface area contributed by atoms with Crippen molar-refractivity contribution in [1.29, 1.82) is 0 Å². The summed E-state index contributed by atoms with van der Waals surface area (Å²) in [6, 6.07) is 9.21. The fourth-order valence-corrected chi connectivity index (χ4v) is 2.75. The van der Waals surface area contributed by atoms with Crippen LogP contribution in [0.2, 0.25) is 0 Å². The molecule has 0 fully saturated rings. The van der Waals surface area contributed by atoms with Gasteiger partial charge >= 0.3 is 0 Å². The third-order valence-electron chi connectivity index (χ3n) is 4.22. The summed E-state index contributed by atoms with van der Waals surface area (Å²) in [6.45, 7) is 6.05. The van der Waals surface area contributed by atoms with Crippen LogP contribution in [0.3, 0.4) is 0 Å². The van der Waals surface area contributed by atoms with E-state index in [4.69, 9.17) is 5.73 Å². The van der Waals surface area contributed by atoms with E-state index in [1.165, 1.54) is 0 Å². The van der Waals surface area contributed by atoms with E-state index < -0.39 is 0 Å². The lowest BCUT2D eigenvalue weighted by Crippen LogP contribution is -2.36. The van der Waals surface area contributed by atoms with E-state index in [0.717, 1.165) is 17.5 Å². The first-order valence-corrected chi connectivity index (χ1v) is 8.85. The van der Waals surface area contributed by atoms with Crippen molar-refractivity contribution in [3.8, 4) is 0 Å². The van der Waals surface area contributed by atoms with Gasteiger partial charge in [-0.3, -0.25) is 14.9 Å². The highest BCUT2D eigenvalue weighted by Crippen LogP contribution is 2.20. The molecule has 0 unspecified atom stereocenters. The first-order chi connectivity index (χ1) is 13.1. The molecule has 0 atom stereocenters. The number of aromatic amines is 1. The van der Waals surface area contributed by atoms with E-state index >= 15 is 0 Å². The maximum atomic E-state index is 12.6. The average Bonchev–Trinajstić information content (AvgIpc) is 3.16. The van der Waals surface area contributed by atoms with E-state index in [-0.39, 0.29) is 5.91 Å². The summed E-state index contributed by atoms with van der Waals surface area (Å²) in [5.74, 6) is 0.346. The lowest BCUT2D eigenvalue weighted by Gasteiger charge is -2.22. The van der Waals surface area contributed by atoms with Gasteiger partial charge in [0.05, 0.1) is 17.3 Å². The number of guanidine groups is 1. The molecule has 0 radical (unpaired) electrons. The number of pyridine rings is 1. The first kappa shape index (κ1) is 18.4. The molecule has 8 heteroatoms. The summed E-state index contributed by atoms with van der Waals surface area (Å²) in [7, 11) is 0. The topological polar surface area (TPSA) is 112 Å². The van der Waals surface area contributed by atoms with Crippen LogP contribution in [0.1, 0.15) is 29.8 Å². The average molecular weight is 365 g/mol. The minimum absolute atomic E-state index is 0.186. The first-order valence-electron chi connectivity index (χ1n) is 8.85. The Bertz CT molecular complexity index is 946. The highest BCUT2D eigenvalue weighted by Gasteiger charge is 2.11. The highest BCUT2D eigenvalue weighted by molar-refractivity contribution is 6.08. The summed E-state index contributed by atoms with van der Waals surface area (Å²) in [5.41, 5.74) is 8.92. The van der Waals surface area contributed by atoms with Crippen molar-refractivity contribution in [2.75, 3.05) is 18.4 Å². The van der Waals surface area contributed by atoms with E-state index in [1.807, 2.05) is 30.9 Å². The molecule has 4 N–H and O–H groups in total. The monoisotopic (exact) mass is 365 g/mol. The molecule has 0 aliphatic rings.